The van der Waals surface area contributed by atoms with Crippen LogP contribution in [0.25, 0.3) is 0 Å². The van der Waals surface area contributed by atoms with Crippen molar-refractivity contribution in [1.29, 1.82) is 0 Å². The zero-order valence-corrected chi connectivity index (χ0v) is 21.4. The van der Waals surface area contributed by atoms with Crippen LogP contribution >= 0.6 is 23.5 Å². The second kappa shape index (κ2) is 11.6. The molecule has 0 spiro atoms. The zero-order valence-electron chi connectivity index (χ0n) is 18.9. The summed E-state index contributed by atoms with van der Waals surface area (Å²) in [4.78, 5) is 13.7. The van der Waals surface area contributed by atoms with Crippen LogP contribution in [0.15, 0.2) is 82.6 Å². The van der Waals surface area contributed by atoms with E-state index in [4.69, 9.17) is 0 Å². The van der Waals surface area contributed by atoms with Gasteiger partial charge in [0.1, 0.15) is 0 Å². The fourth-order valence-electron chi connectivity index (χ4n) is 3.08. The summed E-state index contributed by atoms with van der Waals surface area (Å²) in [6.45, 7) is 2.64. The monoisotopic (exact) mass is 500 g/mol. The van der Waals surface area contributed by atoms with E-state index in [1.807, 2.05) is 6.26 Å². The second-order valence-corrected chi connectivity index (χ2v) is 11.4. The number of rotatable bonds is 10. The summed E-state index contributed by atoms with van der Waals surface area (Å²) in [5.41, 5.74) is 3.51. The van der Waals surface area contributed by atoms with E-state index in [0.717, 1.165) is 16.4 Å². The Bertz CT molecular complexity index is 1160. The fraction of sp³-hybridized carbons (Fsp3) is 0.240. The van der Waals surface area contributed by atoms with Gasteiger partial charge in [-0.1, -0.05) is 29.8 Å². The first kappa shape index (κ1) is 25.2. The van der Waals surface area contributed by atoms with E-state index in [1.54, 1.807) is 72.1 Å². The smallest absolute Gasteiger partial charge is 0.264 e. The van der Waals surface area contributed by atoms with Gasteiger partial charge in [-0.2, -0.15) is 11.8 Å². The lowest BCUT2D eigenvalue weighted by Gasteiger charge is -2.20. The van der Waals surface area contributed by atoms with Crippen molar-refractivity contribution in [2.75, 3.05) is 29.9 Å². The van der Waals surface area contributed by atoms with Crippen LogP contribution < -0.4 is 9.62 Å². The number of amides is 1. The van der Waals surface area contributed by atoms with Crippen molar-refractivity contribution in [2.45, 2.75) is 22.5 Å². The molecule has 5 nitrogen and oxygen atoms in total. The summed E-state index contributed by atoms with van der Waals surface area (Å²) < 4.78 is 27.0. The molecule has 0 aliphatic rings. The molecule has 3 aromatic carbocycles. The molecule has 0 atom stereocenters. The minimum atomic E-state index is -3.68. The topological polar surface area (TPSA) is 66.5 Å². The molecule has 0 unspecified atom stereocenters. The second-order valence-electron chi connectivity index (χ2n) is 7.49. The molecule has 0 radical (unpaired) electrons. The van der Waals surface area contributed by atoms with Gasteiger partial charge in [-0.25, -0.2) is 8.42 Å². The molecule has 0 saturated heterocycles. The largest absolute Gasteiger partial charge is 0.351 e. The summed E-state index contributed by atoms with van der Waals surface area (Å²) in [7, 11) is -2.16. The molecular weight excluding hydrogens is 472 g/mol. The maximum atomic E-state index is 12.9. The first-order valence-electron chi connectivity index (χ1n) is 10.5. The minimum Gasteiger partial charge on any atom is -0.351 e. The molecule has 174 valence electrons. The van der Waals surface area contributed by atoms with E-state index in [2.05, 4.69) is 36.5 Å². The van der Waals surface area contributed by atoms with Crippen LogP contribution in [0, 0.1) is 6.92 Å². The van der Waals surface area contributed by atoms with Crippen LogP contribution in [0.1, 0.15) is 21.5 Å². The lowest BCUT2D eigenvalue weighted by molar-refractivity contribution is 0.0956. The predicted molar refractivity (Wildman–Crippen MR) is 140 cm³/mol. The number of nitrogens with zero attached hydrogens (tertiary/aromatic N) is 1. The Hall–Kier alpha value is -2.42. The summed E-state index contributed by atoms with van der Waals surface area (Å²) >= 11 is 3.33. The normalized spacial score (nSPS) is 11.2. The Morgan fingerprint density at radius 2 is 1.58 bits per heavy atom. The summed E-state index contributed by atoms with van der Waals surface area (Å²) in [5, 5.41) is 2.92. The highest BCUT2D eigenvalue weighted by Crippen LogP contribution is 2.24. The zero-order chi connectivity index (χ0) is 23.8. The molecule has 0 aromatic heterocycles. The van der Waals surface area contributed by atoms with Gasteiger partial charge in [0.25, 0.3) is 15.9 Å². The molecule has 33 heavy (non-hydrogen) atoms. The van der Waals surface area contributed by atoms with E-state index in [9.17, 15) is 13.2 Å². The molecule has 0 bridgehead atoms. The van der Waals surface area contributed by atoms with Gasteiger partial charge in [0.2, 0.25) is 0 Å². The molecule has 8 heteroatoms. The van der Waals surface area contributed by atoms with Crippen LogP contribution in [0.3, 0.4) is 0 Å². The fourth-order valence-corrected chi connectivity index (χ4v) is 5.50. The maximum absolute atomic E-state index is 12.9. The third-order valence-electron chi connectivity index (χ3n) is 5.13. The molecule has 0 aliphatic heterocycles. The number of thioether (sulfide) groups is 2. The van der Waals surface area contributed by atoms with Crippen LogP contribution in [-0.2, 0) is 15.8 Å². The van der Waals surface area contributed by atoms with Gasteiger partial charge in [0.05, 0.1) is 10.6 Å². The highest BCUT2D eigenvalue weighted by atomic mass is 32.2. The third kappa shape index (κ3) is 6.79. The Balaban J connectivity index is 1.51. The van der Waals surface area contributed by atoms with Gasteiger partial charge in [-0.3, -0.25) is 9.10 Å². The lowest BCUT2D eigenvalue weighted by Crippen LogP contribution is -2.27. The molecule has 0 heterocycles. The summed E-state index contributed by atoms with van der Waals surface area (Å²) in [6.07, 6.45) is 1.94. The number of hydrogen-bond donors (Lipinski definition) is 1. The number of nitrogens with one attached hydrogen (secondary N) is 1. The number of hydrogen-bond acceptors (Lipinski definition) is 5. The number of anilines is 1. The maximum Gasteiger partial charge on any atom is 0.264 e. The van der Waals surface area contributed by atoms with Crippen molar-refractivity contribution in [1.82, 2.24) is 5.32 Å². The molecule has 0 aliphatic carbocycles. The SMILES string of the molecule is CSc1ccc(S(=O)(=O)N(C)c2ccc(C(=O)NCCSCc3ccc(C)cc3)cc2)cc1. The molecule has 1 N–H and O–H groups in total. The molecule has 3 aromatic rings. The first-order chi connectivity index (χ1) is 15.8. The molecule has 3 rings (SSSR count). The van der Waals surface area contributed by atoms with Crippen molar-refractivity contribution < 1.29 is 13.2 Å². The van der Waals surface area contributed by atoms with Gasteiger partial charge in [-0.15, -0.1) is 11.8 Å². The van der Waals surface area contributed by atoms with Crippen molar-refractivity contribution >= 4 is 45.1 Å². The van der Waals surface area contributed by atoms with Gasteiger partial charge >= 0.3 is 0 Å². The van der Waals surface area contributed by atoms with Crippen molar-refractivity contribution in [3.63, 3.8) is 0 Å². The summed E-state index contributed by atoms with van der Waals surface area (Å²) in [5.74, 6) is 1.55. The predicted octanol–water partition coefficient (Wildman–Crippen LogP) is 5.21. The average molecular weight is 501 g/mol. The van der Waals surface area contributed by atoms with E-state index in [-0.39, 0.29) is 10.8 Å². The molecule has 0 fully saturated rings. The highest BCUT2D eigenvalue weighted by Gasteiger charge is 2.21. The van der Waals surface area contributed by atoms with Crippen LogP contribution in [0.2, 0.25) is 0 Å². The molecule has 1 amide bonds. The number of aryl methyl sites for hydroxylation is 1. The van der Waals surface area contributed by atoms with Crippen molar-refractivity contribution in [3.05, 3.63) is 89.5 Å². The molecule has 0 saturated carbocycles. The van der Waals surface area contributed by atoms with Gasteiger partial charge in [0, 0.05) is 35.6 Å². The standard InChI is InChI=1S/C25H28N2O3S3/c1-19-4-6-20(7-5-19)18-32-17-16-26-25(28)21-8-10-22(11-9-21)27(2)33(29,30)24-14-12-23(31-3)13-15-24/h4-15H,16-18H2,1-3H3,(H,26,28). The van der Waals surface area contributed by atoms with Crippen molar-refractivity contribution in [3.8, 4) is 0 Å². The number of carbonyl (C=O) groups excluding carboxylic acids is 1. The number of carbonyl (C=O) groups is 1. The molecular formula is C25H28N2O3S3. The first-order valence-corrected chi connectivity index (χ1v) is 14.3. The van der Waals surface area contributed by atoms with E-state index in [1.165, 1.54) is 22.5 Å². The lowest BCUT2D eigenvalue weighted by atomic mass is 10.2. The van der Waals surface area contributed by atoms with Crippen LogP contribution in [-0.4, -0.2) is 39.9 Å². The van der Waals surface area contributed by atoms with Crippen molar-refractivity contribution in [2.24, 2.45) is 0 Å². The number of sulfonamides is 1. The van der Waals surface area contributed by atoms with Gasteiger partial charge in [0.15, 0.2) is 0 Å². The van der Waals surface area contributed by atoms with E-state index < -0.39 is 10.0 Å². The number of benzene rings is 3. The minimum absolute atomic E-state index is 0.171. The quantitative estimate of drug-likeness (QED) is 0.306. The van der Waals surface area contributed by atoms with Gasteiger partial charge < -0.3 is 5.32 Å². The average Bonchev–Trinajstić information content (AvgIpc) is 2.84. The Labute approximate surface area is 205 Å². The van der Waals surface area contributed by atoms with Crippen LogP contribution in [0.4, 0.5) is 5.69 Å². The van der Waals surface area contributed by atoms with Gasteiger partial charge in [-0.05, 0) is 67.3 Å². The highest BCUT2D eigenvalue weighted by molar-refractivity contribution is 7.98. The third-order valence-corrected chi connectivity index (χ3v) is 8.71. The van der Waals surface area contributed by atoms with E-state index >= 15 is 0 Å². The summed E-state index contributed by atoms with van der Waals surface area (Å²) in [6, 6.07) is 21.8. The van der Waals surface area contributed by atoms with Crippen LogP contribution in [0.5, 0.6) is 0 Å². The van der Waals surface area contributed by atoms with E-state index in [0.29, 0.717) is 17.8 Å². The Morgan fingerprint density at radius 1 is 0.939 bits per heavy atom. The Kier molecular flexibility index (Phi) is 8.88. The Morgan fingerprint density at radius 3 is 2.18 bits per heavy atom.